The van der Waals surface area contributed by atoms with Crippen LogP contribution in [0.5, 0.6) is 0 Å². The van der Waals surface area contributed by atoms with Crippen molar-refractivity contribution in [2.45, 2.75) is 9.46 Å². The maximum absolute atomic E-state index is 12.9. The van der Waals surface area contributed by atoms with E-state index in [-0.39, 0.29) is 17.3 Å². The smallest absolute Gasteiger partial charge is 0.309 e. The Morgan fingerprint density at radius 3 is 2.60 bits per heavy atom. The van der Waals surface area contributed by atoms with Crippen molar-refractivity contribution in [1.82, 2.24) is 15.6 Å². The van der Waals surface area contributed by atoms with E-state index in [1.165, 1.54) is 24.5 Å². The summed E-state index contributed by atoms with van der Waals surface area (Å²) in [6.07, 6.45) is 4.39. The van der Waals surface area contributed by atoms with Crippen molar-refractivity contribution in [2.24, 2.45) is 0 Å². The molecule has 0 aliphatic carbocycles. The second kappa shape index (κ2) is 8.54. The zero-order valence-electron chi connectivity index (χ0n) is 13.2. The zero-order valence-corrected chi connectivity index (χ0v) is 14.8. The number of aromatic nitrogens is 1. The third-order valence-corrected chi connectivity index (χ3v) is 6.80. The Bertz CT molecular complexity index is 834. The van der Waals surface area contributed by atoms with Crippen molar-refractivity contribution < 1.29 is 18.0 Å². The Hall–Kier alpha value is -2.52. The molecule has 25 heavy (non-hydrogen) atoms. The van der Waals surface area contributed by atoms with Gasteiger partial charge < -0.3 is 10.6 Å². The van der Waals surface area contributed by atoms with E-state index in [0.29, 0.717) is 5.56 Å². The standard InChI is InChI=1S/C16H17N3O4S2/c1-2-7-18-15(20)16(21)19-11-13(12-5-3-8-17-10-12)25(22,23)14-6-4-9-24-14/h2-6,8-10,13H,1,7,11H2,(H,18,20)(H,19,21)/t13-/m0/s1. The topological polar surface area (TPSA) is 105 Å². The molecule has 0 saturated heterocycles. The fraction of sp³-hybridized carbons (Fsp3) is 0.188. The normalized spacial score (nSPS) is 12.2. The fourth-order valence-electron chi connectivity index (χ4n) is 2.05. The Kier molecular flexibility index (Phi) is 6.43. The summed E-state index contributed by atoms with van der Waals surface area (Å²) in [7, 11) is -3.73. The summed E-state index contributed by atoms with van der Waals surface area (Å²) in [6.45, 7) is 3.34. The molecular weight excluding hydrogens is 362 g/mol. The van der Waals surface area contributed by atoms with Crippen LogP contribution in [0.25, 0.3) is 0 Å². The molecule has 2 rings (SSSR count). The molecule has 0 unspecified atom stereocenters. The summed E-state index contributed by atoms with van der Waals surface area (Å²) in [5, 5.41) is 5.32. The van der Waals surface area contributed by atoms with Crippen molar-refractivity contribution >= 4 is 33.0 Å². The Morgan fingerprint density at radius 2 is 2.00 bits per heavy atom. The van der Waals surface area contributed by atoms with Crippen LogP contribution >= 0.6 is 11.3 Å². The van der Waals surface area contributed by atoms with E-state index in [1.54, 1.807) is 23.6 Å². The van der Waals surface area contributed by atoms with Crippen LogP contribution in [0.4, 0.5) is 0 Å². The minimum Gasteiger partial charge on any atom is -0.346 e. The molecule has 0 fully saturated rings. The first-order valence-corrected chi connectivity index (χ1v) is 9.73. The van der Waals surface area contributed by atoms with Crippen molar-refractivity contribution in [1.29, 1.82) is 0 Å². The first-order valence-electron chi connectivity index (χ1n) is 7.31. The number of amides is 2. The number of rotatable bonds is 7. The number of carbonyl (C=O) groups is 2. The molecule has 0 spiro atoms. The summed E-state index contributed by atoms with van der Waals surface area (Å²) in [4.78, 5) is 27.4. The lowest BCUT2D eigenvalue weighted by molar-refractivity contribution is -0.139. The predicted molar refractivity (Wildman–Crippen MR) is 94.7 cm³/mol. The quantitative estimate of drug-likeness (QED) is 0.553. The van der Waals surface area contributed by atoms with Gasteiger partial charge in [0.15, 0.2) is 9.84 Å². The van der Waals surface area contributed by atoms with Crippen molar-refractivity contribution in [3.8, 4) is 0 Å². The molecule has 9 heteroatoms. The van der Waals surface area contributed by atoms with Crippen LogP contribution in [-0.2, 0) is 19.4 Å². The number of nitrogens with zero attached hydrogens (tertiary/aromatic N) is 1. The van der Waals surface area contributed by atoms with Gasteiger partial charge in [0.25, 0.3) is 0 Å². The number of hydrogen-bond donors (Lipinski definition) is 2. The third kappa shape index (κ3) is 4.74. The van der Waals surface area contributed by atoms with Gasteiger partial charge in [-0.3, -0.25) is 14.6 Å². The highest BCUT2D eigenvalue weighted by atomic mass is 32.2. The Balaban J connectivity index is 2.21. The minimum absolute atomic E-state index is 0.145. The van der Waals surface area contributed by atoms with Crippen LogP contribution in [0.2, 0.25) is 0 Å². The van der Waals surface area contributed by atoms with Gasteiger partial charge >= 0.3 is 11.8 Å². The monoisotopic (exact) mass is 379 g/mol. The van der Waals surface area contributed by atoms with Crippen LogP contribution in [0.3, 0.4) is 0 Å². The molecule has 0 aliphatic rings. The van der Waals surface area contributed by atoms with Gasteiger partial charge in [-0.1, -0.05) is 18.2 Å². The molecule has 2 aromatic heterocycles. The molecule has 7 nitrogen and oxygen atoms in total. The summed E-state index contributed by atoms with van der Waals surface area (Å²) in [5.41, 5.74) is 0.433. The van der Waals surface area contributed by atoms with Gasteiger partial charge in [0.05, 0.1) is 0 Å². The number of sulfone groups is 1. The predicted octanol–water partition coefficient (Wildman–Crippen LogP) is 1.08. The summed E-state index contributed by atoms with van der Waals surface area (Å²) in [6, 6.07) is 6.37. The van der Waals surface area contributed by atoms with Crippen LogP contribution in [0, 0.1) is 0 Å². The highest BCUT2D eigenvalue weighted by Crippen LogP contribution is 2.30. The van der Waals surface area contributed by atoms with Crippen molar-refractivity contribution in [3.63, 3.8) is 0 Å². The van der Waals surface area contributed by atoms with E-state index in [9.17, 15) is 18.0 Å². The van der Waals surface area contributed by atoms with E-state index in [2.05, 4.69) is 22.2 Å². The Morgan fingerprint density at radius 1 is 1.24 bits per heavy atom. The summed E-state index contributed by atoms with van der Waals surface area (Å²) < 4.78 is 25.9. The SMILES string of the molecule is C=CCNC(=O)C(=O)NC[C@@H](c1cccnc1)S(=O)(=O)c1cccs1. The molecule has 2 amide bonds. The molecule has 132 valence electrons. The second-order valence-corrected chi connectivity index (χ2v) is 8.27. The molecular formula is C16H17N3O4S2. The number of nitrogens with one attached hydrogen (secondary N) is 2. The van der Waals surface area contributed by atoms with Gasteiger partial charge in [-0.05, 0) is 23.1 Å². The number of hydrogen-bond acceptors (Lipinski definition) is 6. The van der Waals surface area contributed by atoms with Crippen molar-refractivity contribution in [2.75, 3.05) is 13.1 Å². The molecule has 2 heterocycles. The van der Waals surface area contributed by atoms with Gasteiger partial charge in [0, 0.05) is 25.5 Å². The third-order valence-electron chi connectivity index (χ3n) is 3.27. The largest absolute Gasteiger partial charge is 0.346 e. The van der Waals surface area contributed by atoms with Gasteiger partial charge in [0.1, 0.15) is 9.46 Å². The fourth-order valence-corrected chi connectivity index (χ4v) is 4.90. The molecule has 0 aliphatic heterocycles. The summed E-state index contributed by atoms with van der Waals surface area (Å²) in [5.74, 6) is -1.75. The average molecular weight is 379 g/mol. The molecule has 0 saturated carbocycles. The molecule has 0 aromatic carbocycles. The van der Waals surface area contributed by atoms with E-state index >= 15 is 0 Å². The van der Waals surface area contributed by atoms with Gasteiger partial charge in [-0.15, -0.1) is 17.9 Å². The molecule has 2 N–H and O–H groups in total. The lowest BCUT2D eigenvalue weighted by Crippen LogP contribution is -2.42. The Labute approximate surface area is 149 Å². The van der Waals surface area contributed by atoms with Gasteiger partial charge in [0.2, 0.25) is 0 Å². The number of pyridine rings is 1. The number of carbonyl (C=O) groups excluding carboxylic acids is 2. The molecule has 0 radical (unpaired) electrons. The van der Waals surface area contributed by atoms with Crippen LogP contribution in [0.1, 0.15) is 10.8 Å². The molecule has 0 bridgehead atoms. The van der Waals surface area contributed by atoms with Gasteiger partial charge in [-0.25, -0.2) is 8.42 Å². The lowest BCUT2D eigenvalue weighted by atomic mass is 10.2. The first kappa shape index (κ1) is 18.8. The second-order valence-electron chi connectivity index (χ2n) is 4.96. The highest BCUT2D eigenvalue weighted by Gasteiger charge is 2.31. The van der Waals surface area contributed by atoms with E-state index in [4.69, 9.17) is 0 Å². The first-order chi connectivity index (χ1) is 12.0. The van der Waals surface area contributed by atoms with E-state index < -0.39 is 26.9 Å². The van der Waals surface area contributed by atoms with E-state index in [0.717, 1.165) is 11.3 Å². The zero-order chi connectivity index (χ0) is 18.3. The lowest BCUT2D eigenvalue weighted by Gasteiger charge is -2.17. The maximum Gasteiger partial charge on any atom is 0.309 e. The molecule has 2 aromatic rings. The van der Waals surface area contributed by atoms with Crippen LogP contribution in [-0.4, -0.2) is 38.3 Å². The number of thiophene rings is 1. The maximum atomic E-state index is 12.9. The van der Waals surface area contributed by atoms with Crippen molar-refractivity contribution in [3.05, 3.63) is 60.3 Å². The van der Waals surface area contributed by atoms with E-state index in [1.807, 2.05) is 0 Å². The minimum atomic E-state index is -3.73. The van der Waals surface area contributed by atoms with Gasteiger partial charge in [-0.2, -0.15) is 0 Å². The summed E-state index contributed by atoms with van der Waals surface area (Å²) >= 11 is 1.09. The van der Waals surface area contributed by atoms with Crippen LogP contribution < -0.4 is 10.6 Å². The van der Waals surface area contributed by atoms with Crippen LogP contribution in [0.15, 0.2) is 58.9 Å². The average Bonchev–Trinajstić information content (AvgIpc) is 3.16. The molecule has 1 atom stereocenters. The highest BCUT2D eigenvalue weighted by molar-refractivity contribution is 7.93.